The first kappa shape index (κ1) is 29.0. The molecule has 0 bridgehead atoms. The molecule has 0 nitrogen and oxygen atoms in total. The molecule has 0 aliphatic carbocycles. The summed E-state index contributed by atoms with van der Waals surface area (Å²) in [5.74, 6) is 1.86. The van der Waals surface area contributed by atoms with Crippen molar-refractivity contribution in [1.82, 2.24) is 0 Å². The number of aryl methyl sites for hydroxylation is 5. The van der Waals surface area contributed by atoms with Gasteiger partial charge in [0.15, 0.2) is 0 Å². The third kappa shape index (κ3) is 9.76. The summed E-state index contributed by atoms with van der Waals surface area (Å²) in [5.41, 5.74) is 10.9. The van der Waals surface area contributed by atoms with E-state index < -0.39 is 0 Å². The third-order valence-electron chi connectivity index (χ3n) is 6.26. The smallest absolute Gasteiger partial charge is 0.0438 e. The van der Waals surface area contributed by atoms with Crippen molar-refractivity contribution in [2.24, 2.45) is 0 Å². The van der Waals surface area contributed by atoms with Crippen LogP contribution in [0.15, 0.2) is 54.6 Å². The van der Waals surface area contributed by atoms with Crippen molar-refractivity contribution in [2.45, 2.75) is 93.9 Å². The topological polar surface area (TPSA) is 0 Å². The molecule has 0 saturated carbocycles. The maximum Gasteiger partial charge on any atom is 0.0438 e. The second-order valence-corrected chi connectivity index (χ2v) is 10.6. The standard InChI is InChI=1S/2C11H16.C10H13Cl/c2*1-8(2)11-6-5-9(3)10(4)7-11;1-7(2)9-5-4-8(3)10(11)6-9/h2*5-8H,1-4H3;4-7H,1-3H3. The minimum absolute atomic E-state index is 0.563. The molecule has 0 aliphatic rings. The van der Waals surface area contributed by atoms with Crippen LogP contribution in [0.4, 0.5) is 0 Å². The number of halogens is 1. The van der Waals surface area contributed by atoms with Crippen LogP contribution in [0.5, 0.6) is 0 Å². The summed E-state index contributed by atoms with van der Waals surface area (Å²) in [6.45, 7) is 23.9. The van der Waals surface area contributed by atoms with Gasteiger partial charge in [0.1, 0.15) is 0 Å². The quantitative estimate of drug-likeness (QED) is 0.361. The first-order valence-corrected chi connectivity index (χ1v) is 12.6. The summed E-state index contributed by atoms with van der Waals surface area (Å²) in [5, 5.41) is 0.871. The van der Waals surface area contributed by atoms with Crippen molar-refractivity contribution in [3.63, 3.8) is 0 Å². The minimum Gasteiger partial charge on any atom is -0.0840 e. The highest BCUT2D eigenvalue weighted by molar-refractivity contribution is 6.31. The Balaban J connectivity index is 0.000000247. The average molecular weight is 465 g/mol. The maximum absolute atomic E-state index is 5.96. The normalized spacial score (nSPS) is 10.6. The molecule has 0 heterocycles. The molecule has 0 fully saturated rings. The molecule has 33 heavy (non-hydrogen) atoms. The monoisotopic (exact) mass is 464 g/mol. The van der Waals surface area contributed by atoms with Gasteiger partial charge >= 0.3 is 0 Å². The Morgan fingerprint density at radius 2 is 0.727 bits per heavy atom. The van der Waals surface area contributed by atoms with Crippen LogP contribution in [0.25, 0.3) is 0 Å². The molecular weight excluding hydrogens is 420 g/mol. The minimum atomic E-state index is 0.563. The van der Waals surface area contributed by atoms with Gasteiger partial charge < -0.3 is 0 Å². The van der Waals surface area contributed by atoms with Crippen molar-refractivity contribution in [3.8, 4) is 0 Å². The van der Waals surface area contributed by atoms with E-state index >= 15 is 0 Å². The fourth-order valence-corrected chi connectivity index (χ4v) is 3.40. The zero-order valence-electron chi connectivity index (χ0n) is 22.8. The molecule has 3 rings (SSSR count). The van der Waals surface area contributed by atoms with E-state index in [2.05, 4.69) is 118 Å². The molecule has 0 aromatic heterocycles. The Hall–Kier alpha value is -2.05. The summed E-state index contributed by atoms with van der Waals surface area (Å²) in [6.07, 6.45) is 0. The van der Waals surface area contributed by atoms with E-state index in [1.165, 1.54) is 38.9 Å². The lowest BCUT2D eigenvalue weighted by Crippen LogP contribution is -1.89. The van der Waals surface area contributed by atoms with Gasteiger partial charge in [0.05, 0.1) is 0 Å². The fourth-order valence-electron chi connectivity index (χ4n) is 3.22. The first-order chi connectivity index (χ1) is 15.3. The molecule has 0 aliphatic heterocycles. The Labute approximate surface area is 209 Å². The first-order valence-electron chi connectivity index (χ1n) is 12.2. The second-order valence-electron chi connectivity index (χ2n) is 10.2. The number of benzene rings is 3. The lowest BCUT2D eigenvalue weighted by molar-refractivity contribution is 0.864. The van der Waals surface area contributed by atoms with Crippen LogP contribution >= 0.6 is 11.6 Å². The van der Waals surface area contributed by atoms with Gasteiger partial charge in [-0.25, -0.2) is 0 Å². The van der Waals surface area contributed by atoms with E-state index in [1.807, 2.05) is 13.0 Å². The van der Waals surface area contributed by atoms with E-state index in [9.17, 15) is 0 Å². The molecule has 0 atom stereocenters. The third-order valence-corrected chi connectivity index (χ3v) is 6.67. The largest absolute Gasteiger partial charge is 0.0840 e. The predicted octanol–water partition coefficient (Wildman–Crippen LogP) is 10.6. The van der Waals surface area contributed by atoms with Crippen LogP contribution < -0.4 is 0 Å². The van der Waals surface area contributed by atoms with E-state index in [0.717, 1.165) is 10.6 Å². The van der Waals surface area contributed by atoms with E-state index in [-0.39, 0.29) is 0 Å². The van der Waals surface area contributed by atoms with Crippen LogP contribution in [-0.2, 0) is 0 Å². The van der Waals surface area contributed by atoms with Gasteiger partial charge in [-0.05, 0) is 103 Å². The van der Waals surface area contributed by atoms with Gasteiger partial charge in [-0.2, -0.15) is 0 Å². The van der Waals surface area contributed by atoms with E-state index in [1.54, 1.807) is 0 Å². The predicted molar refractivity (Wildman–Crippen MR) is 150 cm³/mol. The lowest BCUT2D eigenvalue weighted by Gasteiger charge is -2.07. The van der Waals surface area contributed by atoms with Crippen LogP contribution in [0.1, 0.15) is 104 Å². The number of hydrogen-bond acceptors (Lipinski definition) is 0. The van der Waals surface area contributed by atoms with E-state index in [0.29, 0.717) is 17.8 Å². The van der Waals surface area contributed by atoms with Crippen molar-refractivity contribution in [2.75, 3.05) is 0 Å². The molecule has 3 aromatic carbocycles. The van der Waals surface area contributed by atoms with Crippen LogP contribution in [-0.4, -0.2) is 0 Å². The van der Waals surface area contributed by atoms with Crippen molar-refractivity contribution < 1.29 is 0 Å². The van der Waals surface area contributed by atoms with Crippen LogP contribution in [0.3, 0.4) is 0 Å². The Kier molecular flexibility index (Phi) is 12.0. The molecule has 0 saturated heterocycles. The average Bonchev–Trinajstić information content (AvgIpc) is 2.74. The highest BCUT2D eigenvalue weighted by atomic mass is 35.5. The highest BCUT2D eigenvalue weighted by Crippen LogP contribution is 2.22. The van der Waals surface area contributed by atoms with Crippen molar-refractivity contribution in [3.05, 3.63) is 104 Å². The maximum atomic E-state index is 5.96. The molecular formula is C32H45Cl. The summed E-state index contributed by atoms with van der Waals surface area (Å²) in [6, 6.07) is 19.6. The SMILES string of the molecule is Cc1ccc(C(C)C)cc1C.Cc1ccc(C(C)C)cc1C.Cc1ccc(C(C)C)cc1Cl. The zero-order chi connectivity index (χ0) is 25.3. The highest BCUT2D eigenvalue weighted by Gasteiger charge is 2.01. The van der Waals surface area contributed by atoms with Gasteiger partial charge in [-0.3, -0.25) is 0 Å². The zero-order valence-corrected chi connectivity index (χ0v) is 23.6. The second kappa shape index (κ2) is 13.6. The summed E-state index contributed by atoms with van der Waals surface area (Å²) in [7, 11) is 0. The molecule has 0 amide bonds. The van der Waals surface area contributed by atoms with Gasteiger partial charge in [-0.15, -0.1) is 0 Å². The Morgan fingerprint density at radius 3 is 1.00 bits per heavy atom. The van der Waals surface area contributed by atoms with Crippen molar-refractivity contribution in [1.29, 1.82) is 0 Å². The molecule has 180 valence electrons. The fraction of sp³-hybridized carbons (Fsp3) is 0.438. The van der Waals surface area contributed by atoms with Gasteiger partial charge in [0.25, 0.3) is 0 Å². The molecule has 0 radical (unpaired) electrons. The van der Waals surface area contributed by atoms with Gasteiger partial charge in [0, 0.05) is 5.02 Å². The van der Waals surface area contributed by atoms with Crippen LogP contribution in [0.2, 0.25) is 5.02 Å². The Bertz CT molecular complexity index is 877. The Morgan fingerprint density at radius 1 is 0.424 bits per heavy atom. The number of hydrogen-bond donors (Lipinski definition) is 0. The molecule has 0 N–H and O–H groups in total. The summed E-state index contributed by atoms with van der Waals surface area (Å²) < 4.78 is 0. The van der Waals surface area contributed by atoms with Gasteiger partial charge in [0.2, 0.25) is 0 Å². The molecule has 0 unspecified atom stereocenters. The van der Waals surface area contributed by atoms with Gasteiger partial charge in [-0.1, -0.05) is 102 Å². The van der Waals surface area contributed by atoms with E-state index in [4.69, 9.17) is 11.6 Å². The molecule has 3 aromatic rings. The summed E-state index contributed by atoms with van der Waals surface area (Å²) >= 11 is 5.96. The van der Waals surface area contributed by atoms with Crippen molar-refractivity contribution >= 4 is 11.6 Å². The van der Waals surface area contributed by atoms with Crippen LogP contribution in [0, 0.1) is 34.6 Å². The number of rotatable bonds is 3. The molecule has 0 spiro atoms. The molecule has 1 heteroatoms. The summed E-state index contributed by atoms with van der Waals surface area (Å²) in [4.78, 5) is 0. The lowest BCUT2D eigenvalue weighted by atomic mass is 9.99.